The summed E-state index contributed by atoms with van der Waals surface area (Å²) in [6.45, 7) is 0. The van der Waals surface area contributed by atoms with Gasteiger partial charge in [0.1, 0.15) is 5.52 Å². The molecule has 0 radical (unpaired) electrons. The number of aromatic nitrogens is 3. The van der Waals surface area contributed by atoms with Crippen molar-refractivity contribution in [3.8, 4) is 11.6 Å². The first kappa shape index (κ1) is 12.9. The summed E-state index contributed by atoms with van der Waals surface area (Å²) < 4.78 is 2.69. The molecule has 4 rings (SSSR count). The number of nitrogens with zero attached hydrogens (tertiary/aromatic N) is 3. The Morgan fingerprint density at radius 2 is 1.73 bits per heavy atom. The molecular weight excluding hydrogens is 302 g/mol. The summed E-state index contributed by atoms with van der Waals surface area (Å²) in [6, 6.07) is 14.0. The van der Waals surface area contributed by atoms with Crippen LogP contribution in [0.4, 0.5) is 0 Å². The van der Waals surface area contributed by atoms with E-state index in [1.54, 1.807) is 30.3 Å². The Bertz CT molecular complexity index is 1060. The van der Waals surface area contributed by atoms with Crippen LogP contribution in [-0.4, -0.2) is 19.1 Å². The molecule has 0 fully saturated rings. The molecule has 0 atom stereocenters. The van der Waals surface area contributed by atoms with Gasteiger partial charge in [0.2, 0.25) is 5.88 Å². The SMILES string of the molecule is O=c1n(-c2ccc(Cl)cc2)c(O)c2cnc3ccccc3n12. The topological polar surface area (TPSA) is 59.5 Å². The highest BCUT2D eigenvalue weighted by molar-refractivity contribution is 6.30. The summed E-state index contributed by atoms with van der Waals surface area (Å²) in [5.74, 6) is -0.148. The molecule has 2 heterocycles. The minimum Gasteiger partial charge on any atom is -0.493 e. The Hall–Kier alpha value is -2.79. The van der Waals surface area contributed by atoms with Crippen LogP contribution < -0.4 is 5.69 Å². The van der Waals surface area contributed by atoms with Gasteiger partial charge in [-0.2, -0.15) is 0 Å². The normalized spacial score (nSPS) is 11.3. The second-order valence-corrected chi connectivity index (χ2v) is 5.32. The maximum atomic E-state index is 12.8. The number of hydrogen-bond acceptors (Lipinski definition) is 3. The molecule has 1 N–H and O–H groups in total. The van der Waals surface area contributed by atoms with Crippen molar-refractivity contribution in [1.29, 1.82) is 0 Å². The van der Waals surface area contributed by atoms with Gasteiger partial charge in [-0.3, -0.25) is 9.38 Å². The first-order valence-corrected chi connectivity index (χ1v) is 7.01. The van der Waals surface area contributed by atoms with Crippen LogP contribution in [0.15, 0.2) is 59.5 Å². The second kappa shape index (κ2) is 4.61. The lowest BCUT2D eigenvalue weighted by Gasteiger charge is -2.02. The summed E-state index contributed by atoms with van der Waals surface area (Å²) in [5, 5.41) is 11.0. The van der Waals surface area contributed by atoms with E-state index in [9.17, 15) is 9.90 Å². The summed E-state index contributed by atoms with van der Waals surface area (Å²) in [7, 11) is 0. The molecule has 4 aromatic rings. The summed E-state index contributed by atoms with van der Waals surface area (Å²) >= 11 is 5.87. The predicted molar refractivity (Wildman–Crippen MR) is 85.0 cm³/mol. The number of fused-ring (bicyclic) bond motifs is 3. The minimum absolute atomic E-state index is 0.148. The number of rotatable bonds is 1. The molecule has 6 heteroatoms. The number of benzene rings is 2. The van der Waals surface area contributed by atoms with Gasteiger partial charge in [-0.1, -0.05) is 23.7 Å². The van der Waals surface area contributed by atoms with Gasteiger partial charge in [0.25, 0.3) is 0 Å². The summed E-state index contributed by atoms with van der Waals surface area (Å²) in [6.07, 6.45) is 1.49. The van der Waals surface area contributed by atoms with Crippen molar-refractivity contribution in [3.05, 3.63) is 70.2 Å². The van der Waals surface area contributed by atoms with Crippen LogP contribution in [0.2, 0.25) is 5.02 Å². The molecule has 2 aromatic heterocycles. The molecule has 22 heavy (non-hydrogen) atoms. The van der Waals surface area contributed by atoms with E-state index in [2.05, 4.69) is 4.98 Å². The Morgan fingerprint density at radius 1 is 1.00 bits per heavy atom. The fraction of sp³-hybridized carbons (Fsp3) is 0. The van der Waals surface area contributed by atoms with E-state index < -0.39 is 0 Å². The van der Waals surface area contributed by atoms with Crippen molar-refractivity contribution in [2.24, 2.45) is 0 Å². The highest BCUT2D eigenvalue weighted by Crippen LogP contribution is 2.24. The number of imidazole rings is 1. The van der Waals surface area contributed by atoms with Crippen molar-refractivity contribution in [1.82, 2.24) is 14.0 Å². The smallest absolute Gasteiger partial charge is 0.340 e. The Morgan fingerprint density at radius 3 is 2.50 bits per heavy atom. The average Bonchev–Trinajstić information content (AvgIpc) is 2.80. The van der Waals surface area contributed by atoms with E-state index in [1.165, 1.54) is 15.2 Å². The van der Waals surface area contributed by atoms with Crippen molar-refractivity contribution >= 4 is 28.2 Å². The summed E-state index contributed by atoms with van der Waals surface area (Å²) in [5.41, 5.74) is 1.88. The molecule has 0 amide bonds. The fourth-order valence-electron chi connectivity index (χ4n) is 2.57. The zero-order valence-electron chi connectivity index (χ0n) is 11.3. The van der Waals surface area contributed by atoms with Crippen LogP contribution in [0.5, 0.6) is 5.88 Å². The van der Waals surface area contributed by atoms with Crippen LogP contribution in [0.25, 0.3) is 22.2 Å². The lowest BCUT2D eigenvalue weighted by Crippen LogP contribution is -2.19. The molecule has 0 bridgehead atoms. The first-order chi connectivity index (χ1) is 10.7. The molecule has 0 saturated heterocycles. The Labute approximate surface area is 129 Å². The van der Waals surface area contributed by atoms with Gasteiger partial charge < -0.3 is 5.11 Å². The first-order valence-electron chi connectivity index (χ1n) is 6.63. The molecule has 108 valence electrons. The van der Waals surface area contributed by atoms with Gasteiger partial charge in [-0.05, 0) is 36.4 Å². The number of aromatic hydroxyl groups is 1. The number of hydrogen-bond donors (Lipinski definition) is 1. The van der Waals surface area contributed by atoms with Crippen LogP contribution >= 0.6 is 11.6 Å². The van der Waals surface area contributed by atoms with E-state index in [4.69, 9.17) is 11.6 Å². The van der Waals surface area contributed by atoms with E-state index in [0.717, 1.165) is 0 Å². The molecule has 0 aliphatic rings. The Kier molecular flexibility index (Phi) is 2.71. The van der Waals surface area contributed by atoms with Crippen LogP contribution in [0, 0.1) is 0 Å². The van der Waals surface area contributed by atoms with E-state index in [-0.39, 0.29) is 11.6 Å². The quantitative estimate of drug-likeness (QED) is 0.588. The third-order valence-electron chi connectivity index (χ3n) is 3.60. The molecule has 0 aliphatic carbocycles. The zero-order valence-corrected chi connectivity index (χ0v) is 12.0. The van der Waals surface area contributed by atoms with Crippen LogP contribution in [-0.2, 0) is 0 Å². The van der Waals surface area contributed by atoms with Crippen LogP contribution in [0.1, 0.15) is 0 Å². The highest BCUT2D eigenvalue weighted by atomic mass is 35.5. The molecule has 0 aliphatic heterocycles. The third-order valence-corrected chi connectivity index (χ3v) is 3.85. The van der Waals surface area contributed by atoms with Gasteiger partial charge in [0.05, 0.1) is 22.9 Å². The number of para-hydroxylation sites is 2. The largest absolute Gasteiger partial charge is 0.493 e. The van der Waals surface area contributed by atoms with Crippen LogP contribution in [0.3, 0.4) is 0 Å². The minimum atomic E-state index is -0.353. The second-order valence-electron chi connectivity index (χ2n) is 4.89. The third kappa shape index (κ3) is 1.72. The van der Waals surface area contributed by atoms with Gasteiger partial charge in [-0.25, -0.2) is 9.36 Å². The maximum Gasteiger partial charge on any atom is 0.340 e. The van der Waals surface area contributed by atoms with Gasteiger partial charge in [0, 0.05) is 5.02 Å². The van der Waals surface area contributed by atoms with Gasteiger partial charge in [-0.15, -0.1) is 0 Å². The lowest BCUT2D eigenvalue weighted by molar-refractivity contribution is 0.446. The van der Waals surface area contributed by atoms with E-state index in [1.807, 2.05) is 18.2 Å². The molecule has 0 saturated carbocycles. The van der Waals surface area contributed by atoms with Crippen molar-refractivity contribution < 1.29 is 5.11 Å². The Balaban J connectivity index is 2.15. The van der Waals surface area contributed by atoms with E-state index >= 15 is 0 Å². The fourth-order valence-corrected chi connectivity index (χ4v) is 2.70. The standard InChI is InChI=1S/C16H10ClN3O2/c17-10-5-7-11(8-6-10)19-15(21)14-9-18-12-3-1-2-4-13(12)20(14)16(19)22/h1-9,21H. The van der Waals surface area contributed by atoms with Gasteiger partial charge in [0.15, 0.2) is 0 Å². The predicted octanol–water partition coefficient (Wildman–Crippen LogP) is 3.00. The molecule has 0 unspecified atom stereocenters. The molecule has 2 aromatic carbocycles. The number of halogens is 1. The monoisotopic (exact) mass is 311 g/mol. The van der Waals surface area contributed by atoms with E-state index in [0.29, 0.717) is 27.3 Å². The summed E-state index contributed by atoms with van der Waals surface area (Å²) in [4.78, 5) is 17.0. The molecule has 0 spiro atoms. The zero-order chi connectivity index (χ0) is 15.3. The average molecular weight is 312 g/mol. The van der Waals surface area contributed by atoms with Crippen molar-refractivity contribution in [2.45, 2.75) is 0 Å². The maximum absolute atomic E-state index is 12.8. The van der Waals surface area contributed by atoms with Crippen molar-refractivity contribution in [3.63, 3.8) is 0 Å². The molecular formula is C16H10ClN3O2. The molecule has 5 nitrogen and oxygen atoms in total. The highest BCUT2D eigenvalue weighted by Gasteiger charge is 2.17. The van der Waals surface area contributed by atoms with Gasteiger partial charge >= 0.3 is 5.69 Å². The lowest BCUT2D eigenvalue weighted by atomic mass is 10.3. The van der Waals surface area contributed by atoms with Crippen molar-refractivity contribution in [2.75, 3.05) is 0 Å².